The van der Waals surface area contributed by atoms with Crippen LogP contribution in [0.1, 0.15) is 28.4 Å². The molecule has 20 heavy (non-hydrogen) atoms. The average molecular weight is 270 g/mol. The first-order valence-electron chi connectivity index (χ1n) is 5.88. The normalized spacial score (nSPS) is 10.8. The quantitative estimate of drug-likeness (QED) is 0.261. The summed E-state index contributed by atoms with van der Waals surface area (Å²) in [6.45, 7) is 1.48. The molecule has 2 aromatic rings. The van der Waals surface area contributed by atoms with Gasteiger partial charge in [0, 0.05) is 16.7 Å². The Labute approximate surface area is 117 Å². The molecule has 0 fully saturated rings. The van der Waals surface area contributed by atoms with E-state index in [1.807, 2.05) is 30.3 Å². The molecule has 0 saturated heterocycles. The average Bonchev–Trinajstić information content (AvgIpc) is 2.42. The molecule has 2 rings (SSSR count). The number of Topliss-reactive ketones (excluding diaryl/α,β-unsaturated/α-hetero) is 1. The lowest BCUT2D eigenvalue weighted by Gasteiger charge is -2.11. The van der Waals surface area contributed by atoms with Crippen LogP contribution in [-0.2, 0) is 0 Å². The third kappa shape index (κ3) is 2.84. The van der Waals surface area contributed by atoms with Crippen LogP contribution in [0.15, 0.2) is 53.6 Å². The minimum atomic E-state index is -0.0798. The highest BCUT2D eigenvalue weighted by molar-refractivity contribution is 6.17. The van der Waals surface area contributed by atoms with Crippen molar-refractivity contribution in [1.29, 1.82) is 0 Å². The Morgan fingerprint density at radius 2 is 1.60 bits per heavy atom. The van der Waals surface area contributed by atoms with Crippen molar-refractivity contribution in [3.05, 3.63) is 65.2 Å². The number of benzene rings is 2. The topological polar surface area (TPSA) is 116 Å². The zero-order valence-corrected chi connectivity index (χ0v) is 11.3. The van der Waals surface area contributed by atoms with Crippen LogP contribution < -0.4 is 17.7 Å². The van der Waals surface area contributed by atoms with Crippen molar-refractivity contribution in [2.45, 2.75) is 6.92 Å². The number of carbonyl (C=O) groups excluding carboxylic acids is 1. The first kappa shape index (κ1) is 15.4. The summed E-state index contributed by atoms with van der Waals surface area (Å²) in [6.07, 6.45) is 0. The predicted octanol–water partition coefficient (Wildman–Crippen LogP) is 2.34. The molecule has 104 valence electrons. The van der Waals surface area contributed by atoms with Gasteiger partial charge in [-0.1, -0.05) is 42.5 Å². The maximum absolute atomic E-state index is 11.5. The molecule has 0 aliphatic rings. The fourth-order valence-electron chi connectivity index (χ4n) is 1.97. The van der Waals surface area contributed by atoms with Gasteiger partial charge in [-0.15, -0.1) is 0 Å². The number of rotatable bonds is 3. The molecule has 0 aliphatic heterocycles. The van der Waals surface area contributed by atoms with Crippen LogP contribution in [0.2, 0.25) is 0 Å². The lowest BCUT2D eigenvalue weighted by Crippen LogP contribution is -2.12. The van der Waals surface area contributed by atoms with Crippen molar-refractivity contribution in [2.24, 2.45) is 10.9 Å². The smallest absolute Gasteiger partial charge is 0.161 e. The minimum Gasteiger partial charge on any atom is -0.398 e. The number of hydrogen-bond donors (Lipinski definition) is 3. The van der Waals surface area contributed by atoms with Crippen LogP contribution in [0.3, 0.4) is 0 Å². The van der Waals surface area contributed by atoms with Crippen LogP contribution in [-0.4, -0.2) is 11.5 Å². The molecule has 7 N–H and O–H groups in total. The maximum Gasteiger partial charge on any atom is 0.161 e. The first-order valence-corrected chi connectivity index (χ1v) is 5.88. The number of hydrogen-bond acceptors (Lipinski definition) is 5. The van der Waals surface area contributed by atoms with E-state index in [1.54, 1.807) is 18.2 Å². The minimum absolute atomic E-state index is 0. The molecular formula is C15H18N4O. The Hall–Kier alpha value is -2.66. The Morgan fingerprint density at radius 3 is 2.15 bits per heavy atom. The summed E-state index contributed by atoms with van der Waals surface area (Å²) in [6, 6.07) is 14.8. The molecule has 0 aliphatic carbocycles. The highest BCUT2D eigenvalue weighted by atomic mass is 16.1. The fourth-order valence-corrected chi connectivity index (χ4v) is 1.97. The standard InChI is InChI=1S/C15H15N3O.H3N/c1-10(19)12-8-5-9-13(14(12)16)15(18-17)11-6-3-2-4-7-11;/h2-9H,16-17H2,1H3;1H3. The number of nitrogen functional groups attached to an aromatic ring is 1. The van der Waals surface area contributed by atoms with E-state index in [1.165, 1.54) is 6.92 Å². The van der Waals surface area contributed by atoms with Gasteiger partial charge in [0.15, 0.2) is 5.78 Å². The van der Waals surface area contributed by atoms with Gasteiger partial charge >= 0.3 is 0 Å². The third-order valence-electron chi connectivity index (χ3n) is 2.92. The van der Waals surface area contributed by atoms with E-state index >= 15 is 0 Å². The molecule has 0 atom stereocenters. The SMILES string of the molecule is CC(=O)c1cccc(C(=NN)c2ccccc2)c1N.N. The highest BCUT2D eigenvalue weighted by Gasteiger charge is 2.14. The van der Waals surface area contributed by atoms with E-state index in [9.17, 15) is 4.79 Å². The number of carbonyl (C=O) groups is 1. The molecule has 5 heteroatoms. The van der Waals surface area contributed by atoms with Gasteiger partial charge in [-0.2, -0.15) is 5.10 Å². The van der Waals surface area contributed by atoms with Crippen molar-refractivity contribution < 1.29 is 4.79 Å². The van der Waals surface area contributed by atoms with Gasteiger partial charge in [-0.25, -0.2) is 0 Å². The second kappa shape index (κ2) is 6.49. The van der Waals surface area contributed by atoms with Gasteiger partial charge in [0.1, 0.15) is 0 Å². The van der Waals surface area contributed by atoms with Crippen LogP contribution in [0.25, 0.3) is 0 Å². The van der Waals surface area contributed by atoms with Crippen LogP contribution in [0.4, 0.5) is 5.69 Å². The molecular weight excluding hydrogens is 252 g/mol. The summed E-state index contributed by atoms with van der Waals surface area (Å²) in [5.74, 6) is 5.40. The zero-order chi connectivity index (χ0) is 13.8. The second-order valence-corrected chi connectivity index (χ2v) is 4.17. The van der Waals surface area contributed by atoms with Crippen molar-refractivity contribution in [1.82, 2.24) is 6.15 Å². The van der Waals surface area contributed by atoms with Crippen LogP contribution in [0, 0.1) is 0 Å². The number of anilines is 1. The van der Waals surface area contributed by atoms with Gasteiger partial charge in [0.05, 0.1) is 11.4 Å². The van der Waals surface area contributed by atoms with Gasteiger partial charge < -0.3 is 17.7 Å². The lowest BCUT2D eigenvalue weighted by atomic mass is 9.97. The summed E-state index contributed by atoms with van der Waals surface area (Å²) in [7, 11) is 0. The molecule has 0 unspecified atom stereocenters. The van der Waals surface area contributed by atoms with Gasteiger partial charge in [-0.3, -0.25) is 4.79 Å². The summed E-state index contributed by atoms with van der Waals surface area (Å²) in [5, 5.41) is 3.82. The molecule has 5 nitrogen and oxygen atoms in total. The van der Waals surface area contributed by atoms with Crippen LogP contribution >= 0.6 is 0 Å². The highest BCUT2D eigenvalue weighted by Crippen LogP contribution is 2.21. The monoisotopic (exact) mass is 270 g/mol. The molecule has 0 amide bonds. The summed E-state index contributed by atoms with van der Waals surface area (Å²) in [4.78, 5) is 11.5. The van der Waals surface area contributed by atoms with Crippen molar-refractivity contribution in [3.63, 3.8) is 0 Å². The molecule has 0 radical (unpaired) electrons. The third-order valence-corrected chi connectivity index (χ3v) is 2.92. The maximum atomic E-state index is 11.5. The second-order valence-electron chi connectivity index (χ2n) is 4.17. The lowest BCUT2D eigenvalue weighted by molar-refractivity contribution is 0.101. The number of ketones is 1. The summed E-state index contributed by atoms with van der Waals surface area (Å²) < 4.78 is 0. The number of nitrogens with zero attached hydrogens (tertiary/aromatic N) is 1. The predicted molar refractivity (Wildman–Crippen MR) is 82.1 cm³/mol. The number of hydrazone groups is 1. The van der Waals surface area contributed by atoms with E-state index in [0.29, 0.717) is 22.5 Å². The van der Waals surface area contributed by atoms with Crippen molar-refractivity contribution in [2.75, 3.05) is 5.73 Å². The van der Waals surface area contributed by atoms with Crippen molar-refractivity contribution >= 4 is 17.2 Å². The number of para-hydroxylation sites is 1. The Kier molecular flexibility index (Phi) is 5.00. The van der Waals surface area contributed by atoms with Gasteiger partial charge in [-0.05, 0) is 13.0 Å². The Balaban J connectivity index is 0.00000200. The van der Waals surface area contributed by atoms with E-state index in [4.69, 9.17) is 11.6 Å². The Morgan fingerprint density at radius 1 is 1.00 bits per heavy atom. The van der Waals surface area contributed by atoms with E-state index < -0.39 is 0 Å². The summed E-state index contributed by atoms with van der Waals surface area (Å²) in [5.41, 5.74) is 9.02. The Bertz CT molecular complexity index is 636. The van der Waals surface area contributed by atoms with E-state index in [2.05, 4.69) is 5.10 Å². The van der Waals surface area contributed by atoms with Crippen molar-refractivity contribution in [3.8, 4) is 0 Å². The molecule has 2 aromatic carbocycles. The summed E-state index contributed by atoms with van der Waals surface area (Å²) >= 11 is 0. The fraction of sp³-hybridized carbons (Fsp3) is 0.0667. The van der Waals surface area contributed by atoms with Gasteiger partial charge in [0.2, 0.25) is 0 Å². The first-order chi connectivity index (χ1) is 9.15. The zero-order valence-electron chi connectivity index (χ0n) is 11.3. The molecule has 0 heterocycles. The van der Waals surface area contributed by atoms with E-state index in [-0.39, 0.29) is 11.9 Å². The molecule has 0 saturated carbocycles. The largest absolute Gasteiger partial charge is 0.398 e. The van der Waals surface area contributed by atoms with Gasteiger partial charge in [0.25, 0.3) is 0 Å². The number of nitrogens with two attached hydrogens (primary N) is 2. The molecule has 0 aromatic heterocycles. The van der Waals surface area contributed by atoms with E-state index in [0.717, 1.165) is 5.56 Å². The molecule has 0 bridgehead atoms. The molecule has 0 spiro atoms. The van der Waals surface area contributed by atoms with Crippen LogP contribution in [0.5, 0.6) is 0 Å².